The van der Waals surface area contributed by atoms with Crippen molar-refractivity contribution in [2.24, 2.45) is 0 Å². The van der Waals surface area contributed by atoms with E-state index in [0.717, 1.165) is 28.8 Å². The van der Waals surface area contributed by atoms with Gasteiger partial charge in [-0.15, -0.1) is 0 Å². The van der Waals surface area contributed by atoms with E-state index in [2.05, 4.69) is 12.2 Å². The van der Waals surface area contributed by atoms with Crippen molar-refractivity contribution in [3.8, 4) is 0 Å². The summed E-state index contributed by atoms with van der Waals surface area (Å²) < 4.78 is 0. The topological polar surface area (TPSA) is 29.1 Å². The van der Waals surface area contributed by atoms with Gasteiger partial charge in [-0.1, -0.05) is 30.7 Å². The maximum atomic E-state index is 11.7. The highest BCUT2D eigenvalue weighted by atomic mass is 16.2. The third-order valence-electron chi connectivity index (χ3n) is 2.63. The van der Waals surface area contributed by atoms with Crippen LogP contribution in [0.2, 0.25) is 0 Å². The third kappa shape index (κ3) is 1.23. The van der Waals surface area contributed by atoms with Crippen LogP contribution in [0.5, 0.6) is 0 Å². The molecule has 0 fully saturated rings. The maximum absolute atomic E-state index is 11.7. The number of fused-ring (bicyclic) bond motifs is 1. The van der Waals surface area contributed by atoms with Crippen molar-refractivity contribution >= 4 is 17.2 Å². The Labute approximate surface area is 83.6 Å². The number of hydrogen-bond donors (Lipinski definition) is 1. The largest absolute Gasteiger partial charge is 0.321 e. The fourth-order valence-corrected chi connectivity index (χ4v) is 1.72. The van der Waals surface area contributed by atoms with Crippen LogP contribution >= 0.6 is 0 Å². The summed E-state index contributed by atoms with van der Waals surface area (Å²) in [6.45, 7) is 4.08. The molecule has 72 valence electrons. The van der Waals surface area contributed by atoms with E-state index in [0.29, 0.717) is 0 Å². The smallest absolute Gasteiger partial charge is 0.256 e. The van der Waals surface area contributed by atoms with Crippen molar-refractivity contribution in [1.29, 1.82) is 0 Å². The van der Waals surface area contributed by atoms with Crippen LogP contribution in [0.1, 0.15) is 25.8 Å². The Kier molecular flexibility index (Phi) is 2.12. The molecule has 0 spiro atoms. The predicted octanol–water partition coefficient (Wildman–Crippen LogP) is 2.82. The fraction of sp³-hybridized carbons (Fsp3) is 0.250. The highest BCUT2D eigenvalue weighted by Crippen LogP contribution is 2.33. The van der Waals surface area contributed by atoms with Crippen LogP contribution in [0.25, 0.3) is 5.57 Å². The van der Waals surface area contributed by atoms with Crippen LogP contribution in [0.15, 0.2) is 29.8 Å². The Bertz CT molecular complexity index is 418. The lowest BCUT2D eigenvalue weighted by molar-refractivity contribution is -0.110. The number of anilines is 1. The lowest BCUT2D eigenvalue weighted by Gasteiger charge is -2.01. The molecule has 0 saturated heterocycles. The van der Waals surface area contributed by atoms with Crippen LogP contribution in [0.3, 0.4) is 0 Å². The van der Waals surface area contributed by atoms with E-state index in [4.69, 9.17) is 0 Å². The molecule has 0 atom stereocenters. The van der Waals surface area contributed by atoms with Gasteiger partial charge in [-0.05, 0) is 19.4 Å². The molecule has 1 amide bonds. The Morgan fingerprint density at radius 2 is 2.07 bits per heavy atom. The van der Waals surface area contributed by atoms with Gasteiger partial charge in [0, 0.05) is 16.8 Å². The second kappa shape index (κ2) is 3.29. The predicted molar refractivity (Wildman–Crippen MR) is 58.0 cm³/mol. The number of carbonyl (C=O) groups is 1. The van der Waals surface area contributed by atoms with Gasteiger partial charge in [-0.3, -0.25) is 4.79 Å². The van der Waals surface area contributed by atoms with Crippen LogP contribution in [-0.4, -0.2) is 5.91 Å². The van der Waals surface area contributed by atoms with Gasteiger partial charge in [0.2, 0.25) is 0 Å². The number of rotatable bonds is 1. The number of para-hydroxylation sites is 1. The molecule has 1 aromatic rings. The highest BCUT2D eigenvalue weighted by Gasteiger charge is 2.24. The summed E-state index contributed by atoms with van der Waals surface area (Å²) in [6.07, 6.45) is 0.914. The van der Waals surface area contributed by atoms with Gasteiger partial charge in [0.05, 0.1) is 0 Å². The zero-order valence-electron chi connectivity index (χ0n) is 8.42. The summed E-state index contributed by atoms with van der Waals surface area (Å²) in [5.41, 5.74) is 3.97. The van der Waals surface area contributed by atoms with Crippen LogP contribution < -0.4 is 5.32 Å². The molecule has 1 aliphatic rings. The highest BCUT2D eigenvalue weighted by molar-refractivity contribution is 6.32. The van der Waals surface area contributed by atoms with Crippen molar-refractivity contribution in [2.45, 2.75) is 20.3 Å². The molecule has 1 heterocycles. The number of benzene rings is 1. The van der Waals surface area contributed by atoms with Gasteiger partial charge >= 0.3 is 0 Å². The SMILES string of the molecule is CC/C(C)=C1/C(=O)Nc2ccccc21. The first-order valence-corrected chi connectivity index (χ1v) is 4.84. The van der Waals surface area contributed by atoms with Crippen molar-refractivity contribution in [3.63, 3.8) is 0 Å². The zero-order valence-corrected chi connectivity index (χ0v) is 8.42. The number of hydrogen-bond acceptors (Lipinski definition) is 1. The van der Waals surface area contributed by atoms with E-state index in [-0.39, 0.29) is 5.91 Å². The molecule has 0 saturated carbocycles. The lowest BCUT2D eigenvalue weighted by Crippen LogP contribution is -2.05. The van der Waals surface area contributed by atoms with Crippen LogP contribution in [0, 0.1) is 0 Å². The van der Waals surface area contributed by atoms with Gasteiger partial charge in [0.15, 0.2) is 0 Å². The molecule has 0 radical (unpaired) electrons. The Morgan fingerprint density at radius 3 is 2.79 bits per heavy atom. The van der Waals surface area contributed by atoms with Crippen LogP contribution in [-0.2, 0) is 4.79 Å². The van der Waals surface area contributed by atoms with Crippen LogP contribution in [0.4, 0.5) is 5.69 Å². The minimum atomic E-state index is 0.0329. The summed E-state index contributed by atoms with van der Waals surface area (Å²) in [5.74, 6) is 0.0329. The van der Waals surface area contributed by atoms with Crippen molar-refractivity contribution in [3.05, 3.63) is 35.4 Å². The van der Waals surface area contributed by atoms with E-state index in [1.54, 1.807) is 0 Å². The quantitative estimate of drug-likeness (QED) is 0.673. The number of carbonyl (C=O) groups excluding carboxylic acids is 1. The molecule has 0 unspecified atom stereocenters. The van der Waals surface area contributed by atoms with Crippen molar-refractivity contribution < 1.29 is 4.79 Å². The summed E-state index contributed by atoms with van der Waals surface area (Å²) >= 11 is 0. The summed E-state index contributed by atoms with van der Waals surface area (Å²) in [7, 11) is 0. The van der Waals surface area contributed by atoms with E-state index >= 15 is 0 Å². The molecule has 14 heavy (non-hydrogen) atoms. The average Bonchev–Trinajstić information content (AvgIpc) is 2.53. The van der Waals surface area contributed by atoms with Gasteiger partial charge in [0.25, 0.3) is 5.91 Å². The molecule has 1 aromatic carbocycles. The first-order valence-electron chi connectivity index (χ1n) is 4.84. The molecule has 2 nitrogen and oxygen atoms in total. The number of nitrogens with one attached hydrogen (secondary N) is 1. The second-order valence-corrected chi connectivity index (χ2v) is 3.51. The Balaban J connectivity index is 2.61. The maximum Gasteiger partial charge on any atom is 0.256 e. The molecule has 1 N–H and O–H groups in total. The van der Waals surface area contributed by atoms with Gasteiger partial charge < -0.3 is 5.32 Å². The Hall–Kier alpha value is -1.57. The molecule has 0 aromatic heterocycles. The van der Waals surface area contributed by atoms with E-state index in [1.165, 1.54) is 0 Å². The monoisotopic (exact) mass is 187 g/mol. The molecule has 2 heteroatoms. The normalized spacial score (nSPS) is 17.7. The molecule has 1 aliphatic heterocycles. The first kappa shape index (κ1) is 9.00. The number of amides is 1. The summed E-state index contributed by atoms with van der Waals surface area (Å²) in [4.78, 5) is 11.7. The van der Waals surface area contributed by atoms with Crippen molar-refractivity contribution in [1.82, 2.24) is 0 Å². The lowest BCUT2D eigenvalue weighted by atomic mass is 10.0. The Morgan fingerprint density at radius 1 is 1.36 bits per heavy atom. The number of allylic oxidation sites excluding steroid dienone is 1. The molecular weight excluding hydrogens is 174 g/mol. The molecule has 0 aliphatic carbocycles. The van der Waals surface area contributed by atoms with Gasteiger partial charge in [0.1, 0.15) is 0 Å². The summed E-state index contributed by atoms with van der Waals surface area (Å²) in [5, 5.41) is 2.87. The minimum Gasteiger partial charge on any atom is -0.321 e. The molecule has 0 bridgehead atoms. The standard InChI is InChI=1S/C12H13NO/c1-3-8(2)11-9-6-4-5-7-10(9)13-12(11)14/h4-7H,3H2,1-2H3,(H,13,14)/b11-8+. The molecular formula is C12H13NO. The average molecular weight is 187 g/mol. The van der Waals surface area contributed by atoms with E-state index in [1.807, 2.05) is 31.2 Å². The minimum absolute atomic E-state index is 0.0329. The van der Waals surface area contributed by atoms with Crippen molar-refractivity contribution in [2.75, 3.05) is 5.32 Å². The summed E-state index contributed by atoms with van der Waals surface area (Å²) in [6, 6.07) is 7.82. The molecule has 2 rings (SSSR count). The fourth-order valence-electron chi connectivity index (χ4n) is 1.72. The third-order valence-corrected chi connectivity index (χ3v) is 2.63. The van der Waals surface area contributed by atoms with Gasteiger partial charge in [-0.2, -0.15) is 0 Å². The van der Waals surface area contributed by atoms with Gasteiger partial charge in [-0.25, -0.2) is 0 Å². The second-order valence-electron chi connectivity index (χ2n) is 3.51. The van der Waals surface area contributed by atoms with E-state index < -0.39 is 0 Å². The first-order chi connectivity index (χ1) is 6.74. The van der Waals surface area contributed by atoms with E-state index in [9.17, 15) is 4.79 Å². The zero-order chi connectivity index (χ0) is 10.1.